The number of methoxy groups -OCH3 is 1. The number of ketones is 1. The van der Waals surface area contributed by atoms with Gasteiger partial charge in [-0.2, -0.15) is 0 Å². The average molecular weight is 236 g/mol. The van der Waals surface area contributed by atoms with Gasteiger partial charge in [0, 0.05) is 12.3 Å². The summed E-state index contributed by atoms with van der Waals surface area (Å²) in [6.45, 7) is 6.19. The zero-order valence-electron chi connectivity index (χ0n) is 10.9. The molecule has 0 amide bonds. The van der Waals surface area contributed by atoms with Gasteiger partial charge in [0.2, 0.25) is 0 Å². The lowest BCUT2D eigenvalue weighted by molar-refractivity contribution is -0.122. The Labute approximate surface area is 103 Å². The Morgan fingerprint density at radius 3 is 2.59 bits per heavy atom. The van der Waals surface area contributed by atoms with Gasteiger partial charge in [-0.1, -0.05) is 19.9 Å². The largest absolute Gasteiger partial charge is 0.493 e. The van der Waals surface area contributed by atoms with E-state index in [1.54, 1.807) is 7.11 Å². The van der Waals surface area contributed by atoms with Gasteiger partial charge in [0.05, 0.1) is 13.7 Å². The molecule has 0 saturated carbocycles. The van der Waals surface area contributed by atoms with Gasteiger partial charge in [-0.3, -0.25) is 4.79 Å². The Morgan fingerprint density at radius 2 is 2.00 bits per heavy atom. The molecule has 3 heteroatoms. The maximum Gasteiger partial charge on any atom is 0.161 e. The van der Waals surface area contributed by atoms with Crippen LogP contribution in [0.2, 0.25) is 0 Å². The van der Waals surface area contributed by atoms with E-state index in [0.717, 1.165) is 5.56 Å². The molecule has 17 heavy (non-hydrogen) atoms. The molecule has 0 bridgehead atoms. The van der Waals surface area contributed by atoms with Gasteiger partial charge in [0.1, 0.15) is 5.78 Å². The van der Waals surface area contributed by atoms with Crippen LogP contribution >= 0.6 is 0 Å². The predicted molar refractivity (Wildman–Crippen MR) is 67.7 cm³/mol. The first kappa shape index (κ1) is 13.6. The monoisotopic (exact) mass is 236 g/mol. The first-order chi connectivity index (χ1) is 8.04. The Morgan fingerprint density at radius 1 is 1.29 bits per heavy atom. The van der Waals surface area contributed by atoms with Gasteiger partial charge < -0.3 is 9.47 Å². The van der Waals surface area contributed by atoms with E-state index < -0.39 is 0 Å². The van der Waals surface area contributed by atoms with Gasteiger partial charge in [-0.05, 0) is 24.6 Å². The van der Waals surface area contributed by atoms with Crippen molar-refractivity contribution in [2.75, 3.05) is 13.7 Å². The van der Waals surface area contributed by atoms with Gasteiger partial charge >= 0.3 is 0 Å². The molecule has 0 saturated heterocycles. The molecule has 0 atom stereocenters. The van der Waals surface area contributed by atoms with E-state index in [1.165, 1.54) is 0 Å². The minimum Gasteiger partial charge on any atom is -0.493 e. The molecule has 0 fully saturated rings. The molecule has 0 aliphatic heterocycles. The number of hydrogen-bond acceptors (Lipinski definition) is 3. The van der Waals surface area contributed by atoms with Crippen LogP contribution in [-0.4, -0.2) is 19.5 Å². The van der Waals surface area contributed by atoms with Gasteiger partial charge in [0.25, 0.3) is 0 Å². The molecule has 0 N–H and O–H groups in total. The van der Waals surface area contributed by atoms with E-state index >= 15 is 0 Å². The quantitative estimate of drug-likeness (QED) is 0.761. The lowest BCUT2D eigenvalue weighted by Crippen LogP contribution is -2.11. The summed E-state index contributed by atoms with van der Waals surface area (Å²) in [5.74, 6) is 1.69. The van der Waals surface area contributed by atoms with Gasteiger partial charge in [0.15, 0.2) is 11.5 Å². The van der Waals surface area contributed by atoms with Crippen molar-refractivity contribution < 1.29 is 14.3 Å². The summed E-state index contributed by atoms with van der Waals surface area (Å²) in [5.41, 5.74) is 1.12. The highest BCUT2D eigenvalue weighted by Gasteiger charge is 2.09. The number of hydrogen-bond donors (Lipinski definition) is 0. The summed E-state index contributed by atoms with van der Waals surface area (Å²) in [6.07, 6.45) is 0.439. The molecule has 1 aromatic carbocycles. The van der Waals surface area contributed by atoms with E-state index in [1.807, 2.05) is 39.0 Å². The fraction of sp³-hybridized carbons (Fsp3) is 0.500. The number of benzene rings is 1. The van der Waals surface area contributed by atoms with Gasteiger partial charge in [-0.25, -0.2) is 0 Å². The molecule has 1 rings (SSSR count). The van der Waals surface area contributed by atoms with E-state index in [9.17, 15) is 4.79 Å². The normalized spacial score (nSPS) is 10.4. The number of Topliss-reactive ketones (excluding diaryl/α,β-unsaturated/α-hetero) is 1. The molecular weight excluding hydrogens is 216 g/mol. The molecule has 0 aromatic heterocycles. The summed E-state index contributed by atoms with van der Waals surface area (Å²) >= 11 is 0. The standard InChI is InChI=1S/C14H20O3/c1-10(2)12(15)7-8-17-13-6-5-11(3)9-14(13)16-4/h5-6,9-10H,7-8H2,1-4H3. The Balaban J connectivity index is 2.54. The molecule has 1 aromatic rings. The van der Waals surface area contributed by atoms with Crippen LogP contribution in [0.3, 0.4) is 0 Å². The van der Waals surface area contributed by atoms with Crippen LogP contribution in [0.4, 0.5) is 0 Å². The van der Waals surface area contributed by atoms with Crippen LogP contribution < -0.4 is 9.47 Å². The van der Waals surface area contributed by atoms with E-state index in [4.69, 9.17) is 9.47 Å². The van der Waals surface area contributed by atoms with Crippen molar-refractivity contribution in [3.63, 3.8) is 0 Å². The number of ether oxygens (including phenoxy) is 2. The fourth-order valence-corrected chi connectivity index (χ4v) is 1.44. The molecule has 94 valence electrons. The second-order valence-corrected chi connectivity index (χ2v) is 4.37. The van der Waals surface area contributed by atoms with Crippen molar-refractivity contribution in [3.8, 4) is 11.5 Å². The molecular formula is C14H20O3. The third-order valence-electron chi connectivity index (χ3n) is 2.57. The summed E-state index contributed by atoms with van der Waals surface area (Å²) in [7, 11) is 1.61. The first-order valence-electron chi connectivity index (χ1n) is 5.84. The highest BCUT2D eigenvalue weighted by Crippen LogP contribution is 2.27. The average Bonchev–Trinajstić information content (AvgIpc) is 2.30. The van der Waals surface area contributed by atoms with Crippen molar-refractivity contribution in [1.29, 1.82) is 0 Å². The van der Waals surface area contributed by atoms with Crippen molar-refractivity contribution >= 4 is 5.78 Å². The van der Waals surface area contributed by atoms with E-state index in [0.29, 0.717) is 24.5 Å². The number of carbonyl (C=O) groups excluding carboxylic acids is 1. The van der Waals surface area contributed by atoms with Crippen LogP contribution in [0.15, 0.2) is 18.2 Å². The highest BCUT2D eigenvalue weighted by molar-refractivity contribution is 5.80. The Kier molecular flexibility index (Phi) is 5.01. The zero-order valence-corrected chi connectivity index (χ0v) is 10.9. The smallest absolute Gasteiger partial charge is 0.161 e. The summed E-state index contributed by atoms with van der Waals surface area (Å²) in [6, 6.07) is 5.75. The third-order valence-corrected chi connectivity index (χ3v) is 2.57. The molecule has 0 radical (unpaired) electrons. The van der Waals surface area contributed by atoms with Crippen molar-refractivity contribution in [3.05, 3.63) is 23.8 Å². The third kappa shape index (κ3) is 4.10. The summed E-state index contributed by atoms with van der Waals surface area (Å²) in [4.78, 5) is 11.4. The van der Waals surface area contributed by atoms with E-state index in [-0.39, 0.29) is 11.7 Å². The SMILES string of the molecule is COc1cc(C)ccc1OCCC(=O)C(C)C. The van der Waals surface area contributed by atoms with Crippen molar-refractivity contribution in [2.45, 2.75) is 27.2 Å². The molecule has 0 heterocycles. The second kappa shape index (κ2) is 6.28. The molecule has 3 nitrogen and oxygen atoms in total. The molecule has 0 aliphatic rings. The summed E-state index contributed by atoms with van der Waals surface area (Å²) in [5, 5.41) is 0. The maximum atomic E-state index is 11.4. The topological polar surface area (TPSA) is 35.5 Å². The number of rotatable bonds is 6. The lowest BCUT2D eigenvalue weighted by Gasteiger charge is -2.11. The minimum atomic E-state index is 0.0681. The zero-order chi connectivity index (χ0) is 12.8. The lowest BCUT2D eigenvalue weighted by atomic mass is 10.1. The molecule has 0 aliphatic carbocycles. The van der Waals surface area contributed by atoms with Crippen LogP contribution in [0, 0.1) is 12.8 Å². The van der Waals surface area contributed by atoms with Crippen molar-refractivity contribution in [1.82, 2.24) is 0 Å². The van der Waals surface area contributed by atoms with Gasteiger partial charge in [-0.15, -0.1) is 0 Å². The highest BCUT2D eigenvalue weighted by atomic mass is 16.5. The van der Waals surface area contributed by atoms with Crippen LogP contribution in [0.1, 0.15) is 25.8 Å². The van der Waals surface area contributed by atoms with Crippen LogP contribution in [0.5, 0.6) is 11.5 Å². The van der Waals surface area contributed by atoms with E-state index in [2.05, 4.69) is 0 Å². The fourth-order valence-electron chi connectivity index (χ4n) is 1.44. The molecule has 0 spiro atoms. The first-order valence-corrected chi connectivity index (χ1v) is 5.84. The van der Waals surface area contributed by atoms with Crippen LogP contribution in [-0.2, 0) is 4.79 Å². The van der Waals surface area contributed by atoms with Crippen molar-refractivity contribution in [2.24, 2.45) is 5.92 Å². The Bertz CT molecular complexity index is 383. The maximum absolute atomic E-state index is 11.4. The minimum absolute atomic E-state index is 0.0681. The predicted octanol–water partition coefficient (Wildman–Crippen LogP) is 3.00. The number of aryl methyl sites for hydroxylation is 1. The molecule has 0 unspecified atom stereocenters. The summed E-state index contributed by atoms with van der Waals surface area (Å²) < 4.78 is 10.8. The van der Waals surface area contributed by atoms with Crippen LogP contribution in [0.25, 0.3) is 0 Å². The number of carbonyl (C=O) groups is 1. The Hall–Kier alpha value is -1.51. The second-order valence-electron chi connectivity index (χ2n) is 4.37.